The van der Waals surface area contributed by atoms with Crippen LogP contribution in [0.4, 0.5) is 0 Å². The molecule has 0 aliphatic heterocycles. The summed E-state index contributed by atoms with van der Waals surface area (Å²) in [5, 5.41) is 3.48. The number of imidazole rings is 1. The smallest absolute Gasteiger partial charge is 0.106 e. The number of hydrogen-bond acceptors (Lipinski definition) is 2. The fourth-order valence-electron chi connectivity index (χ4n) is 3.48. The Balaban J connectivity index is 1.91. The van der Waals surface area contributed by atoms with Gasteiger partial charge in [0.2, 0.25) is 0 Å². The molecular formula is C18H25N3. The van der Waals surface area contributed by atoms with E-state index in [0.717, 1.165) is 18.8 Å². The molecule has 1 unspecified atom stereocenters. The Kier molecular flexibility index (Phi) is 4.11. The largest absolute Gasteiger partial charge is 0.330 e. The number of nitrogens with zero attached hydrogens (tertiary/aromatic N) is 2. The van der Waals surface area contributed by atoms with Crippen molar-refractivity contribution in [3.63, 3.8) is 0 Å². The number of rotatable bonds is 4. The molecule has 0 bridgehead atoms. The van der Waals surface area contributed by atoms with Crippen molar-refractivity contribution in [3.8, 4) is 0 Å². The lowest BCUT2D eigenvalue weighted by Crippen LogP contribution is -2.24. The number of aromatic nitrogens is 2. The zero-order valence-corrected chi connectivity index (χ0v) is 13.3. The first kappa shape index (κ1) is 14.3. The topological polar surface area (TPSA) is 29.9 Å². The second kappa shape index (κ2) is 6.02. The Hall–Kier alpha value is -1.61. The first-order valence-corrected chi connectivity index (χ1v) is 7.98. The summed E-state index contributed by atoms with van der Waals surface area (Å²) in [5.74, 6) is 1.16. The summed E-state index contributed by atoms with van der Waals surface area (Å²) < 4.78 is 2.43. The highest BCUT2D eigenvalue weighted by Crippen LogP contribution is 2.25. The van der Waals surface area contributed by atoms with Gasteiger partial charge in [0.05, 0.1) is 11.7 Å². The second-order valence-electron chi connectivity index (χ2n) is 6.07. The molecule has 1 aliphatic rings. The lowest BCUT2D eigenvalue weighted by Gasteiger charge is -2.22. The van der Waals surface area contributed by atoms with Crippen LogP contribution in [0.2, 0.25) is 0 Å². The molecule has 1 aliphatic carbocycles. The van der Waals surface area contributed by atoms with Crippen LogP contribution < -0.4 is 5.32 Å². The molecule has 3 rings (SSSR count). The van der Waals surface area contributed by atoms with Gasteiger partial charge in [-0.2, -0.15) is 0 Å². The van der Waals surface area contributed by atoms with Gasteiger partial charge in [0, 0.05) is 12.2 Å². The Labute approximate surface area is 127 Å². The van der Waals surface area contributed by atoms with Crippen molar-refractivity contribution in [3.05, 3.63) is 52.6 Å². The van der Waals surface area contributed by atoms with Crippen molar-refractivity contribution in [2.75, 3.05) is 7.05 Å². The van der Waals surface area contributed by atoms with Crippen molar-refractivity contribution in [1.29, 1.82) is 0 Å². The maximum Gasteiger partial charge on any atom is 0.106 e. The van der Waals surface area contributed by atoms with Crippen LogP contribution >= 0.6 is 0 Å². The fourth-order valence-corrected chi connectivity index (χ4v) is 3.48. The van der Waals surface area contributed by atoms with Crippen molar-refractivity contribution in [2.45, 2.75) is 52.1 Å². The summed E-state index contributed by atoms with van der Waals surface area (Å²) in [4.78, 5) is 4.79. The van der Waals surface area contributed by atoms with Gasteiger partial charge in [0.25, 0.3) is 0 Å². The predicted molar refractivity (Wildman–Crippen MR) is 86.6 cm³/mol. The molecule has 21 heavy (non-hydrogen) atoms. The van der Waals surface area contributed by atoms with Crippen LogP contribution in [-0.2, 0) is 19.4 Å². The molecule has 3 nitrogen and oxygen atoms in total. The molecule has 1 aromatic heterocycles. The van der Waals surface area contributed by atoms with Gasteiger partial charge >= 0.3 is 0 Å². The van der Waals surface area contributed by atoms with E-state index in [2.05, 4.69) is 55.0 Å². The van der Waals surface area contributed by atoms with Crippen molar-refractivity contribution in [2.24, 2.45) is 0 Å². The van der Waals surface area contributed by atoms with E-state index in [-0.39, 0.29) is 0 Å². The van der Waals surface area contributed by atoms with Crippen LogP contribution in [-0.4, -0.2) is 16.6 Å². The molecule has 112 valence electrons. The number of aryl methyl sites for hydroxylation is 3. The lowest BCUT2D eigenvalue weighted by molar-refractivity contribution is 0.475. The van der Waals surface area contributed by atoms with E-state index in [9.17, 15) is 0 Å². The average molecular weight is 283 g/mol. The Morgan fingerprint density at radius 1 is 1.19 bits per heavy atom. The third kappa shape index (κ3) is 2.75. The first-order valence-electron chi connectivity index (χ1n) is 7.98. The quantitative estimate of drug-likeness (QED) is 0.932. The molecule has 1 aromatic carbocycles. The minimum absolute atomic E-state index is 0.338. The molecule has 1 N–H and O–H groups in total. The second-order valence-corrected chi connectivity index (χ2v) is 6.07. The van der Waals surface area contributed by atoms with E-state index < -0.39 is 0 Å². The highest BCUT2D eigenvalue weighted by molar-refractivity contribution is 5.29. The lowest BCUT2D eigenvalue weighted by atomic mass is 9.99. The van der Waals surface area contributed by atoms with Gasteiger partial charge in [-0.15, -0.1) is 0 Å². The molecule has 1 heterocycles. The highest BCUT2D eigenvalue weighted by atomic mass is 15.1. The molecule has 3 heteroatoms. The van der Waals surface area contributed by atoms with Gasteiger partial charge in [-0.05, 0) is 57.7 Å². The van der Waals surface area contributed by atoms with Gasteiger partial charge in [-0.25, -0.2) is 4.98 Å². The molecule has 2 aromatic rings. The molecule has 0 saturated heterocycles. The summed E-state index contributed by atoms with van der Waals surface area (Å²) in [6.45, 7) is 5.30. The molecule has 0 saturated carbocycles. The van der Waals surface area contributed by atoms with E-state index in [1.807, 2.05) is 0 Å². The van der Waals surface area contributed by atoms with E-state index in [4.69, 9.17) is 4.98 Å². The number of hydrogen-bond donors (Lipinski definition) is 1. The van der Waals surface area contributed by atoms with Crippen LogP contribution in [0.15, 0.2) is 24.3 Å². The van der Waals surface area contributed by atoms with Gasteiger partial charge in [-0.1, -0.05) is 24.3 Å². The van der Waals surface area contributed by atoms with Crippen LogP contribution in [0, 0.1) is 13.8 Å². The third-order valence-electron chi connectivity index (χ3n) is 4.70. The summed E-state index contributed by atoms with van der Waals surface area (Å²) in [7, 11) is 2.05. The zero-order chi connectivity index (χ0) is 14.8. The summed E-state index contributed by atoms with van der Waals surface area (Å²) >= 11 is 0. The minimum Gasteiger partial charge on any atom is -0.330 e. The molecule has 0 radical (unpaired) electrons. The predicted octanol–water partition coefficient (Wildman–Crippen LogP) is 3.34. The van der Waals surface area contributed by atoms with E-state index >= 15 is 0 Å². The number of fused-ring (bicyclic) bond motifs is 1. The van der Waals surface area contributed by atoms with Crippen molar-refractivity contribution >= 4 is 0 Å². The van der Waals surface area contributed by atoms with Gasteiger partial charge in [0.15, 0.2) is 0 Å². The normalized spacial score (nSPS) is 15.8. The third-order valence-corrected chi connectivity index (χ3v) is 4.70. The maximum absolute atomic E-state index is 4.79. The molecule has 0 spiro atoms. The van der Waals surface area contributed by atoms with Crippen molar-refractivity contribution < 1.29 is 0 Å². The Morgan fingerprint density at radius 3 is 2.71 bits per heavy atom. The van der Waals surface area contributed by atoms with Crippen LogP contribution in [0.3, 0.4) is 0 Å². The molecule has 0 fully saturated rings. The van der Waals surface area contributed by atoms with Crippen molar-refractivity contribution in [1.82, 2.24) is 14.9 Å². The Bertz CT molecular complexity index is 627. The summed E-state index contributed by atoms with van der Waals surface area (Å²) in [5.41, 5.74) is 5.53. The maximum atomic E-state index is 4.79. The molecule has 1 atom stereocenters. The highest BCUT2D eigenvalue weighted by Gasteiger charge is 2.21. The van der Waals surface area contributed by atoms with Gasteiger partial charge in [0.1, 0.15) is 5.82 Å². The average Bonchev–Trinajstić information content (AvgIpc) is 2.81. The first-order chi connectivity index (χ1) is 10.2. The molecule has 0 amide bonds. The standard InChI is InChI=1S/C18H25N3/c1-13-8-4-5-9-15(13)17(19-3)12-21-14(2)20-16-10-6-7-11-18(16)21/h4-5,8-9,17,19H,6-7,10-12H2,1-3H3. The fraction of sp³-hybridized carbons (Fsp3) is 0.500. The summed E-state index contributed by atoms with van der Waals surface area (Å²) in [6, 6.07) is 8.99. The number of benzene rings is 1. The summed E-state index contributed by atoms with van der Waals surface area (Å²) in [6.07, 6.45) is 4.92. The monoisotopic (exact) mass is 283 g/mol. The number of likely N-dealkylation sites (N-methyl/N-ethyl adjacent to an activating group) is 1. The van der Waals surface area contributed by atoms with E-state index in [1.54, 1.807) is 0 Å². The minimum atomic E-state index is 0.338. The van der Waals surface area contributed by atoms with Crippen LogP contribution in [0.25, 0.3) is 0 Å². The molecular weight excluding hydrogens is 258 g/mol. The van der Waals surface area contributed by atoms with Crippen LogP contribution in [0.5, 0.6) is 0 Å². The SMILES string of the molecule is CNC(Cn1c(C)nc2c1CCCC2)c1ccccc1C. The Morgan fingerprint density at radius 2 is 1.95 bits per heavy atom. The number of nitrogens with one attached hydrogen (secondary N) is 1. The van der Waals surface area contributed by atoms with Gasteiger partial charge in [-0.3, -0.25) is 0 Å². The van der Waals surface area contributed by atoms with Gasteiger partial charge < -0.3 is 9.88 Å². The van der Waals surface area contributed by atoms with Crippen LogP contribution in [0.1, 0.15) is 47.2 Å². The van der Waals surface area contributed by atoms with E-state index in [1.165, 1.54) is 41.8 Å². The van der Waals surface area contributed by atoms with E-state index in [0.29, 0.717) is 6.04 Å². The zero-order valence-electron chi connectivity index (χ0n) is 13.3.